The zero-order valence-corrected chi connectivity index (χ0v) is 31.9. The van der Waals surface area contributed by atoms with Crippen LogP contribution in [0.25, 0.3) is 11.1 Å². The van der Waals surface area contributed by atoms with E-state index in [2.05, 4.69) is 200 Å². The first-order chi connectivity index (χ1) is 27.1. The van der Waals surface area contributed by atoms with Crippen molar-refractivity contribution < 1.29 is 0 Å². The molecule has 0 N–H and O–H groups in total. The number of hydrogen-bond donors (Lipinski definition) is 0. The molecule has 0 saturated heterocycles. The van der Waals surface area contributed by atoms with E-state index in [-0.39, 0.29) is 23.3 Å². The van der Waals surface area contributed by atoms with Crippen LogP contribution >= 0.6 is 0 Å². The third kappa shape index (κ3) is 5.53. The van der Waals surface area contributed by atoms with Crippen LogP contribution in [0.3, 0.4) is 0 Å². The molecule has 6 aliphatic carbocycles. The number of para-hydroxylation sites is 1. The zero-order valence-electron chi connectivity index (χ0n) is 31.9. The molecule has 270 valence electrons. The van der Waals surface area contributed by atoms with Gasteiger partial charge in [-0.05, 0) is 127 Å². The number of benzene rings is 4. The fraction of sp³-hybridized carbons (Fsp3) is 0.208. The van der Waals surface area contributed by atoms with Crippen molar-refractivity contribution in [1.29, 1.82) is 0 Å². The number of fused-ring (bicyclic) bond motifs is 9. The summed E-state index contributed by atoms with van der Waals surface area (Å²) in [6.07, 6.45) is 34.2. The van der Waals surface area contributed by atoms with Gasteiger partial charge in [0.2, 0.25) is 0 Å². The highest BCUT2D eigenvalue weighted by Crippen LogP contribution is 2.66. The average Bonchev–Trinajstić information content (AvgIpc) is 3.66. The number of hydrogen-bond acceptors (Lipinski definition) is 2. The van der Waals surface area contributed by atoms with Crippen LogP contribution < -0.4 is 4.90 Å². The standard InChI is InChI=1S/C53H48N2/c1-37-17-15-23-41(33-37)54(39-19-7-4-3-5-8-20-39)43-29-31-47-48-32-30-44(55(40-21-9-6-10-22-40)42-24-16-18-38(2)34-42)36-52(48)53(51(47)35-43)49-27-13-11-25-45(49)46-26-12-14-28-50(46)53/h3-4,6-7,9-14,16,18-35,44,47,51H,5,8,15,17,36H2,1-2H3/b4-3+,19-7?,39-20?. The molecule has 4 aromatic carbocycles. The van der Waals surface area contributed by atoms with Crippen LogP contribution in [-0.2, 0) is 5.41 Å². The molecule has 2 nitrogen and oxygen atoms in total. The molecule has 0 radical (unpaired) electrons. The summed E-state index contributed by atoms with van der Waals surface area (Å²) >= 11 is 0. The number of allylic oxidation sites excluding steroid dienone is 13. The topological polar surface area (TPSA) is 6.48 Å². The lowest BCUT2D eigenvalue weighted by atomic mass is 9.63. The van der Waals surface area contributed by atoms with Crippen LogP contribution in [0, 0.1) is 18.8 Å². The molecule has 3 unspecified atom stereocenters. The molecule has 10 rings (SSSR count). The Kier molecular flexibility index (Phi) is 8.43. The van der Waals surface area contributed by atoms with Crippen LogP contribution in [0.2, 0.25) is 0 Å². The maximum Gasteiger partial charge on any atom is 0.0563 e. The summed E-state index contributed by atoms with van der Waals surface area (Å²) in [5, 5.41) is 0. The lowest BCUT2D eigenvalue weighted by Crippen LogP contribution is -2.39. The van der Waals surface area contributed by atoms with Gasteiger partial charge in [0.1, 0.15) is 0 Å². The van der Waals surface area contributed by atoms with Crippen LogP contribution in [0.1, 0.15) is 55.7 Å². The number of rotatable bonds is 6. The van der Waals surface area contributed by atoms with Crippen LogP contribution in [-0.4, -0.2) is 10.9 Å². The summed E-state index contributed by atoms with van der Waals surface area (Å²) in [6, 6.07) is 38.8. The molecule has 0 aliphatic heterocycles. The molecular weight excluding hydrogens is 665 g/mol. The Morgan fingerprint density at radius 1 is 0.636 bits per heavy atom. The van der Waals surface area contributed by atoms with E-state index >= 15 is 0 Å². The Labute approximate surface area is 326 Å². The van der Waals surface area contributed by atoms with Crippen molar-refractivity contribution in [1.82, 2.24) is 4.90 Å². The summed E-state index contributed by atoms with van der Waals surface area (Å²) < 4.78 is 0. The first kappa shape index (κ1) is 33.7. The monoisotopic (exact) mass is 712 g/mol. The van der Waals surface area contributed by atoms with E-state index < -0.39 is 0 Å². The molecule has 0 fully saturated rings. The minimum atomic E-state index is -0.298. The highest BCUT2D eigenvalue weighted by atomic mass is 15.2. The number of nitrogens with zero attached hydrogens (tertiary/aromatic N) is 2. The minimum absolute atomic E-state index is 0.155. The summed E-state index contributed by atoms with van der Waals surface area (Å²) in [7, 11) is 0. The molecule has 0 amide bonds. The van der Waals surface area contributed by atoms with Crippen LogP contribution in [0.15, 0.2) is 210 Å². The summed E-state index contributed by atoms with van der Waals surface area (Å²) in [4.78, 5) is 5.12. The van der Waals surface area contributed by atoms with Gasteiger partial charge in [-0.25, -0.2) is 0 Å². The largest absolute Gasteiger partial charge is 0.334 e. The second kappa shape index (κ2) is 13.8. The molecule has 0 saturated carbocycles. The van der Waals surface area contributed by atoms with Crippen molar-refractivity contribution in [2.45, 2.75) is 57.4 Å². The molecule has 4 aromatic rings. The van der Waals surface area contributed by atoms with E-state index in [9.17, 15) is 0 Å². The quantitative estimate of drug-likeness (QED) is 0.196. The summed E-state index contributed by atoms with van der Waals surface area (Å²) in [5.41, 5.74) is 17.4. The van der Waals surface area contributed by atoms with E-state index in [4.69, 9.17) is 0 Å². The van der Waals surface area contributed by atoms with Crippen molar-refractivity contribution in [3.8, 4) is 11.1 Å². The van der Waals surface area contributed by atoms with Crippen LogP contribution in [0.4, 0.5) is 11.4 Å². The first-order valence-electron chi connectivity index (χ1n) is 20.2. The van der Waals surface area contributed by atoms with Crippen molar-refractivity contribution in [2.75, 3.05) is 4.90 Å². The molecule has 0 heterocycles. The Hall–Kier alpha value is -5.86. The van der Waals surface area contributed by atoms with Gasteiger partial charge in [-0.15, -0.1) is 0 Å². The SMILES string of the molecule is CC1=CC(N(C2=CCC/C=C/C=C2)C2=CC3C(C=C2)C2=C(CC(N(c4ccccc4)c4cccc(C)c4)C=C2)C32c3ccccc3-c3ccccc32)=CCC1. The Bertz CT molecular complexity index is 2410. The Morgan fingerprint density at radius 3 is 2.16 bits per heavy atom. The van der Waals surface area contributed by atoms with Gasteiger partial charge in [0.05, 0.1) is 11.5 Å². The molecule has 55 heavy (non-hydrogen) atoms. The normalized spacial score (nSPS) is 23.3. The maximum absolute atomic E-state index is 2.67. The molecule has 0 aromatic heterocycles. The predicted octanol–water partition coefficient (Wildman–Crippen LogP) is 13.1. The zero-order chi connectivity index (χ0) is 36.9. The first-order valence-corrected chi connectivity index (χ1v) is 20.2. The van der Waals surface area contributed by atoms with Crippen molar-refractivity contribution >= 4 is 11.4 Å². The van der Waals surface area contributed by atoms with E-state index in [1.165, 1.54) is 67.4 Å². The highest BCUT2D eigenvalue weighted by molar-refractivity contribution is 5.86. The maximum atomic E-state index is 2.67. The number of anilines is 2. The second-order valence-electron chi connectivity index (χ2n) is 16.0. The number of aryl methyl sites for hydroxylation is 1. The van der Waals surface area contributed by atoms with Crippen molar-refractivity contribution in [3.63, 3.8) is 0 Å². The van der Waals surface area contributed by atoms with Gasteiger partial charge in [0, 0.05) is 40.3 Å². The van der Waals surface area contributed by atoms with E-state index in [0.717, 1.165) is 32.1 Å². The minimum Gasteiger partial charge on any atom is -0.334 e. The lowest BCUT2D eigenvalue weighted by molar-refractivity contribution is 0.409. The van der Waals surface area contributed by atoms with Gasteiger partial charge in [-0.3, -0.25) is 0 Å². The molecule has 1 spiro atoms. The van der Waals surface area contributed by atoms with Gasteiger partial charge >= 0.3 is 0 Å². The van der Waals surface area contributed by atoms with E-state index in [1.807, 2.05) is 0 Å². The fourth-order valence-corrected chi connectivity index (χ4v) is 10.5. The third-order valence-electron chi connectivity index (χ3n) is 12.7. The fourth-order valence-electron chi connectivity index (χ4n) is 10.5. The van der Waals surface area contributed by atoms with Gasteiger partial charge < -0.3 is 9.80 Å². The average molecular weight is 713 g/mol. The second-order valence-corrected chi connectivity index (χ2v) is 16.0. The summed E-state index contributed by atoms with van der Waals surface area (Å²) in [6.45, 7) is 4.48. The van der Waals surface area contributed by atoms with Gasteiger partial charge in [0.15, 0.2) is 0 Å². The molecule has 0 bridgehead atoms. The van der Waals surface area contributed by atoms with Crippen molar-refractivity contribution in [3.05, 3.63) is 227 Å². The molecule has 6 aliphatic rings. The van der Waals surface area contributed by atoms with Crippen molar-refractivity contribution in [2.24, 2.45) is 11.8 Å². The molecule has 3 atom stereocenters. The van der Waals surface area contributed by atoms with Crippen LogP contribution in [0.5, 0.6) is 0 Å². The van der Waals surface area contributed by atoms with E-state index in [0.29, 0.717) is 0 Å². The predicted molar refractivity (Wildman–Crippen MR) is 230 cm³/mol. The molecule has 2 heteroatoms. The van der Waals surface area contributed by atoms with Gasteiger partial charge in [-0.2, -0.15) is 0 Å². The van der Waals surface area contributed by atoms with E-state index in [1.54, 1.807) is 5.57 Å². The third-order valence-corrected chi connectivity index (χ3v) is 12.7. The summed E-state index contributed by atoms with van der Waals surface area (Å²) in [5.74, 6) is 0.480. The van der Waals surface area contributed by atoms with Gasteiger partial charge in [0.25, 0.3) is 0 Å². The Balaban J connectivity index is 1.16. The highest BCUT2D eigenvalue weighted by Gasteiger charge is 2.59. The molecular formula is C53H48N2. The van der Waals surface area contributed by atoms with Gasteiger partial charge in [-0.1, -0.05) is 139 Å². The lowest BCUT2D eigenvalue weighted by Gasteiger charge is -2.42. The smallest absolute Gasteiger partial charge is 0.0563 e. The Morgan fingerprint density at radius 2 is 1.38 bits per heavy atom.